The van der Waals surface area contributed by atoms with E-state index in [4.69, 9.17) is 5.73 Å². The molecule has 0 aromatic heterocycles. The summed E-state index contributed by atoms with van der Waals surface area (Å²) in [6.45, 7) is 2.59. The van der Waals surface area contributed by atoms with Crippen LogP contribution in [0.2, 0.25) is 0 Å². The van der Waals surface area contributed by atoms with Gasteiger partial charge in [0.2, 0.25) is 11.8 Å². The van der Waals surface area contributed by atoms with E-state index in [1.54, 1.807) is 11.8 Å². The van der Waals surface area contributed by atoms with E-state index in [9.17, 15) is 9.59 Å². The van der Waals surface area contributed by atoms with Crippen LogP contribution < -0.4 is 16.4 Å². The SMILES string of the molecule is Cl.Cl.NC(=O)C1CCN(Cc2cccc(NC(=O)C3CSCN3)c2)CC1. The van der Waals surface area contributed by atoms with Crippen LogP contribution in [-0.2, 0) is 16.1 Å². The van der Waals surface area contributed by atoms with Crippen LogP contribution in [0.15, 0.2) is 24.3 Å². The van der Waals surface area contributed by atoms with Crippen molar-refractivity contribution in [1.82, 2.24) is 10.2 Å². The molecule has 1 unspecified atom stereocenters. The number of carbonyl (C=O) groups excluding carboxylic acids is 2. The fourth-order valence-electron chi connectivity index (χ4n) is 3.17. The van der Waals surface area contributed by atoms with Gasteiger partial charge in [-0.25, -0.2) is 0 Å². The molecule has 0 bridgehead atoms. The number of benzene rings is 1. The van der Waals surface area contributed by atoms with Crippen LogP contribution in [-0.4, -0.2) is 47.5 Å². The molecule has 9 heteroatoms. The Morgan fingerprint density at radius 1 is 1.27 bits per heavy atom. The third-order valence-electron chi connectivity index (χ3n) is 4.62. The molecular formula is C17H26Cl2N4O2S. The lowest BCUT2D eigenvalue weighted by atomic mass is 9.96. The van der Waals surface area contributed by atoms with Gasteiger partial charge in [0.1, 0.15) is 0 Å². The maximum Gasteiger partial charge on any atom is 0.242 e. The second kappa shape index (κ2) is 11.0. The van der Waals surface area contributed by atoms with E-state index in [0.717, 1.165) is 49.8 Å². The van der Waals surface area contributed by atoms with Crippen molar-refractivity contribution in [2.45, 2.75) is 25.4 Å². The third-order valence-corrected chi connectivity index (χ3v) is 5.56. The van der Waals surface area contributed by atoms with Crippen LogP contribution in [0.1, 0.15) is 18.4 Å². The van der Waals surface area contributed by atoms with Crippen molar-refractivity contribution < 1.29 is 9.59 Å². The molecule has 2 heterocycles. The second-order valence-corrected chi connectivity index (χ2v) is 7.44. The standard InChI is InChI=1S/C17H24N4O2S.2ClH/c18-16(22)13-4-6-21(7-5-13)9-12-2-1-3-14(8-12)20-17(23)15-10-24-11-19-15;;/h1-3,8,13,15,19H,4-7,9-11H2,(H2,18,22)(H,20,23);2*1H. The zero-order chi connectivity index (χ0) is 16.9. The van der Waals surface area contributed by atoms with Crippen molar-refractivity contribution >= 4 is 54.1 Å². The number of amides is 2. The zero-order valence-electron chi connectivity index (χ0n) is 14.5. The second-order valence-electron chi connectivity index (χ2n) is 6.41. The molecule has 26 heavy (non-hydrogen) atoms. The summed E-state index contributed by atoms with van der Waals surface area (Å²) in [6, 6.07) is 7.88. The Kier molecular flexibility index (Phi) is 9.74. The summed E-state index contributed by atoms with van der Waals surface area (Å²) in [5.74, 6) is 1.51. The number of thioether (sulfide) groups is 1. The van der Waals surface area contributed by atoms with Gasteiger partial charge in [0.15, 0.2) is 0 Å². The van der Waals surface area contributed by atoms with Crippen LogP contribution in [0, 0.1) is 5.92 Å². The molecule has 2 saturated heterocycles. The molecule has 0 aliphatic carbocycles. The number of halogens is 2. The van der Waals surface area contributed by atoms with Crippen LogP contribution in [0.3, 0.4) is 0 Å². The maximum absolute atomic E-state index is 12.2. The highest BCUT2D eigenvalue weighted by molar-refractivity contribution is 7.99. The predicted molar refractivity (Wildman–Crippen MR) is 111 cm³/mol. The lowest BCUT2D eigenvalue weighted by molar-refractivity contribution is -0.123. The topological polar surface area (TPSA) is 87.5 Å². The third kappa shape index (κ3) is 6.32. The Morgan fingerprint density at radius 2 is 2.00 bits per heavy atom. The van der Waals surface area contributed by atoms with Gasteiger partial charge in [-0.05, 0) is 43.6 Å². The van der Waals surface area contributed by atoms with E-state index in [1.807, 2.05) is 18.2 Å². The molecule has 2 fully saturated rings. The highest BCUT2D eigenvalue weighted by Crippen LogP contribution is 2.20. The summed E-state index contributed by atoms with van der Waals surface area (Å²) < 4.78 is 0. The van der Waals surface area contributed by atoms with Gasteiger partial charge in [-0.2, -0.15) is 0 Å². The highest BCUT2D eigenvalue weighted by atomic mass is 35.5. The van der Waals surface area contributed by atoms with Crippen molar-refractivity contribution in [3.63, 3.8) is 0 Å². The Labute approximate surface area is 170 Å². The van der Waals surface area contributed by atoms with Gasteiger partial charge in [0.25, 0.3) is 0 Å². The van der Waals surface area contributed by atoms with E-state index < -0.39 is 0 Å². The lowest BCUT2D eigenvalue weighted by Gasteiger charge is -2.30. The molecule has 1 aromatic rings. The van der Waals surface area contributed by atoms with Crippen molar-refractivity contribution in [3.05, 3.63) is 29.8 Å². The summed E-state index contributed by atoms with van der Waals surface area (Å²) in [6.07, 6.45) is 1.66. The molecule has 2 aliphatic rings. The number of primary amides is 1. The number of piperidine rings is 1. The van der Waals surface area contributed by atoms with Crippen LogP contribution in [0.25, 0.3) is 0 Å². The van der Waals surface area contributed by atoms with E-state index in [0.29, 0.717) is 0 Å². The van der Waals surface area contributed by atoms with Crippen LogP contribution >= 0.6 is 36.6 Å². The van der Waals surface area contributed by atoms with Crippen LogP contribution in [0.5, 0.6) is 0 Å². The monoisotopic (exact) mass is 420 g/mol. The lowest BCUT2D eigenvalue weighted by Crippen LogP contribution is -2.38. The molecule has 2 amide bonds. The minimum atomic E-state index is -0.182. The molecule has 3 rings (SSSR count). The number of likely N-dealkylation sites (tertiary alicyclic amines) is 1. The summed E-state index contributed by atoms with van der Waals surface area (Å²) in [4.78, 5) is 25.7. The van der Waals surface area contributed by atoms with Gasteiger partial charge < -0.3 is 11.1 Å². The van der Waals surface area contributed by atoms with Gasteiger partial charge >= 0.3 is 0 Å². The zero-order valence-corrected chi connectivity index (χ0v) is 16.9. The minimum Gasteiger partial charge on any atom is -0.369 e. The molecule has 2 aliphatic heterocycles. The van der Waals surface area contributed by atoms with Gasteiger partial charge in [-0.3, -0.25) is 19.8 Å². The van der Waals surface area contributed by atoms with Crippen molar-refractivity contribution in [2.24, 2.45) is 11.7 Å². The summed E-state index contributed by atoms with van der Waals surface area (Å²) in [5, 5.41) is 6.16. The quantitative estimate of drug-likeness (QED) is 0.675. The smallest absolute Gasteiger partial charge is 0.242 e. The molecule has 1 atom stereocenters. The average molecular weight is 421 g/mol. The molecule has 6 nitrogen and oxygen atoms in total. The van der Waals surface area contributed by atoms with E-state index in [1.165, 1.54) is 5.56 Å². The van der Waals surface area contributed by atoms with Crippen LogP contribution in [0.4, 0.5) is 5.69 Å². The molecular weight excluding hydrogens is 395 g/mol. The molecule has 0 radical (unpaired) electrons. The first kappa shape index (κ1) is 23.0. The average Bonchev–Trinajstić information content (AvgIpc) is 3.10. The van der Waals surface area contributed by atoms with Crippen molar-refractivity contribution in [3.8, 4) is 0 Å². The number of nitrogens with zero attached hydrogens (tertiary/aromatic N) is 1. The molecule has 1 aromatic carbocycles. The van der Waals surface area contributed by atoms with Gasteiger partial charge in [0.05, 0.1) is 6.04 Å². The van der Waals surface area contributed by atoms with Gasteiger partial charge in [-0.1, -0.05) is 12.1 Å². The minimum absolute atomic E-state index is 0. The number of hydrogen-bond acceptors (Lipinski definition) is 5. The fourth-order valence-corrected chi connectivity index (χ4v) is 4.12. The number of carbonyl (C=O) groups is 2. The Hall–Kier alpha value is -0.990. The van der Waals surface area contributed by atoms with Crippen molar-refractivity contribution in [1.29, 1.82) is 0 Å². The Balaban J connectivity index is 0.00000169. The fraction of sp³-hybridized carbons (Fsp3) is 0.529. The molecule has 0 spiro atoms. The normalized spacial score (nSPS) is 20.7. The summed E-state index contributed by atoms with van der Waals surface area (Å²) in [7, 11) is 0. The predicted octanol–water partition coefficient (Wildman–Crippen LogP) is 1.83. The summed E-state index contributed by atoms with van der Waals surface area (Å²) >= 11 is 1.74. The van der Waals surface area contributed by atoms with E-state index >= 15 is 0 Å². The first-order chi connectivity index (χ1) is 11.6. The summed E-state index contributed by atoms with van der Waals surface area (Å²) in [5.41, 5.74) is 7.38. The number of hydrogen-bond donors (Lipinski definition) is 3. The van der Waals surface area contributed by atoms with E-state index in [-0.39, 0.29) is 48.6 Å². The van der Waals surface area contributed by atoms with E-state index in [2.05, 4.69) is 21.6 Å². The molecule has 0 saturated carbocycles. The largest absolute Gasteiger partial charge is 0.369 e. The van der Waals surface area contributed by atoms with Gasteiger partial charge in [-0.15, -0.1) is 36.6 Å². The van der Waals surface area contributed by atoms with Crippen molar-refractivity contribution in [2.75, 3.05) is 30.0 Å². The number of nitrogens with one attached hydrogen (secondary N) is 2. The van der Waals surface area contributed by atoms with Gasteiger partial charge in [0, 0.05) is 29.8 Å². The highest BCUT2D eigenvalue weighted by Gasteiger charge is 2.24. The number of anilines is 1. The molecule has 4 N–H and O–H groups in total. The first-order valence-corrected chi connectivity index (χ1v) is 9.50. The number of rotatable bonds is 5. The maximum atomic E-state index is 12.2. The first-order valence-electron chi connectivity index (χ1n) is 8.34. The Bertz CT molecular complexity index is 606. The number of nitrogens with two attached hydrogens (primary N) is 1. The Morgan fingerprint density at radius 3 is 2.62 bits per heavy atom. The molecule has 146 valence electrons.